The van der Waals surface area contributed by atoms with Gasteiger partial charge in [-0.15, -0.1) is 0 Å². The van der Waals surface area contributed by atoms with Gasteiger partial charge in [0.15, 0.2) is 0 Å². The van der Waals surface area contributed by atoms with Crippen molar-refractivity contribution in [2.45, 2.75) is 0 Å². The molecule has 0 aliphatic heterocycles. The number of nitrogens with zero attached hydrogens (tertiary/aromatic N) is 1. The van der Waals surface area contributed by atoms with Gasteiger partial charge in [0.2, 0.25) is 0 Å². The van der Waals surface area contributed by atoms with Gasteiger partial charge < -0.3 is 11.5 Å². The number of hydrogen-bond donors (Lipinski definition) is 3. The van der Waals surface area contributed by atoms with Gasteiger partial charge in [-0.2, -0.15) is 0 Å². The molecule has 17 heavy (non-hydrogen) atoms. The number of hydrogen-bond acceptors (Lipinski definition) is 4. The van der Waals surface area contributed by atoms with Crippen LogP contribution < -0.4 is 22.7 Å². The number of nitrogen functional groups attached to an aromatic ring is 2. The molecule has 0 spiro atoms. The van der Waals surface area contributed by atoms with Gasteiger partial charge in [-0.05, 0) is 34.7 Å². The predicted molar refractivity (Wildman–Crippen MR) is 74.2 cm³/mol. The second-order valence-electron chi connectivity index (χ2n) is 3.35. The molecule has 0 radical (unpaired) electrons. The van der Waals surface area contributed by atoms with E-state index in [2.05, 4.69) is 27.6 Å². The summed E-state index contributed by atoms with van der Waals surface area (Å²) in [6, 6.07) is 7.15. The number of halogens is 1. The zero-order valence-corrected chi connectivity index (χ0v) is 10.8. The average molecular weight is 344 g/mol. The quantitative estimate of drug-likeness (QED) is 0.647. The van der Waals surface area contributed by atoms with Crippen LogP contribution >= 0.6 is 22.6 Å². The van der Waals surface area contributed by atoms with Crippen molar-refractivity contribution in [1.82, 2.24) is 9.55 Å². The Labute approximate surface area is 109 Å². The number of nitrogens with one attached hydrogen (secondary N) is 1. The first-order valence-electron chi connectivity index (χ1n) is 4.67. The van der Waals surface area contributed by atoms with Crippen LogP contribution in [0.1, 0.15) is 0 Å². The summed E-state index contributed by atoms with van der Waals surface area (Å²) in [5.74, 6) is -0.0529. The van der Waals surface area contributed by atoms with Gasteiger partial charge in [0.05, 0.1) is 5.69 Å². The Morgan fingerprint density at radius 2 is 1.82 bits per heavy atom. The molecule has 0 bridgehead atoms. The number of rotatable bonds is 1. The van der Waals surface area contributed by atoms with Crippen molar-refractivity contribution < 1.29 is 0 Å². The van der Waals surface area contributed by atoms with Crippen molar-refractivity contribution in [2.75, 3.05) is 11.5 Å². The van der Waals surface area contributed by atoms with E-state index in [4.69, 9.17) is 11.5 Å². The molecule has 2 aromatic rings. The Morgan fingerprint density at radius 1 is 1.18 bits per heavy atom. The third-order valence-corrected chi connectivity index (χ3v) is 3.19. The van der Waals surface area contributed by atoms with Gasteiger partial charge in [-0.1, -0.05) is 12.1 Å². The lowest BCUT2D eigenvalue weighted by molar-refractivity contribution is 0.909. The highest BCUT2D eigenvalue weighted by Crippen LogP contribution is 2.18. The van der Waals surface area contributed by atoms with Crippen LogP contribution in [-0.2, 0) is 0 Å². The van der Waals surface area contributed by atoms with E-state index in [1.807, 2.05) is 12.1 Å². The van der Waals surface area contributed by atoms with E-state index in [1.165, 1.54) is 4.57 Å². The van der Waals surface area contributed by atoms with E-state index in [0.717, 1.165) is 3.57 Å². The maximum atomic E-state index is 11.7. The third kappa shape index (κ3) is 1.93. The van der Waals surface area contributed by atoms with E-state index in [-0.39, 0.29) is 11.5 Å². The standard InChI is InChI=1S/C10H9IN4O2/c11-5-3-1-2-4-6(5)15-8(13)7(12)9(16)14-10(15)17/h1-4H,12-13H2,(H,14,16,17). The Kier molecular flexibility index (Phi) is 2.92. The molecule has 0 saturated heterocycles. The van der Waals surface area contributed by atoms with Crippen LogP contribution in [0.5, 0.6) is 0 Å². The summed E-state index contributed by atoms with van der Waals surface area (Å²) in [5.41, 5.74) is 10.3. The lowest BCUT2D eigenvalue weighted by Crippen LogP contribution is -2.33. The lowest BCUT2D eigenvalue weighted by atomic mass is 10.3. The van der Waals surface area contributed by atoms with Crippen molar-refractivity contribution in [3.63, 3.8) is 0 Å². The van der Waals surface area contributed by atoms with Crippen LogP contribution in [0.2, 0.25) is 0 Å². The molecule has 1 heterocycles. The summed E-state index contributed by atoms with van der Waals surface area (Å²) in [5, 5.41) is 0. The van der Waals surface area contributed by atoms with Crippen molar-refractivity contribution in [3.05, 3.63) is 48.7 Å². The van der Waals surface area contributed by atoms with E-state index in [1.54, 1.807) is 12.1 Å². The molecule has 0 aliphatic carbocycles. The average Bonchev–Trinajstić information content (AvgIpc) is 2.29. The Hall–Kier alpha value is -1.77. The molecular formula is C10H9IN4O2. The maximum absolute atomic E-state index is 11.7. The fraction of sp³-hybridized carbons (Fsp3) is 0. The first kappa shape index (κ1) is 11.7. The molecule has 0 unspecified atom stereocenters. The molecule has 2 rings (SSSR count). The third-order valence-electron chi connectivity index (χ3n) is 2.28. The SMILES string of the molecule is Nc1c(N)n(-c2ccccc2I)c(=O)[nH]c1=O. The number of aromatic nitrogens is 2. The fourth-order valence-corrected chi connectivity index (χ4v) is 2.07. The Balaban J connectivity index is 2.87. The minimum absolute atomic E-state index is 0.0529. The van der Waals surface area contributed by atoms with Gasteiger partial charge in [0.25, 0.3) is 5.56 Å². The molecule has 5 N–H and O–H groups in total. The summed E-state index contributed by atoms with van der Waals surface area (Å²) >= 11 is 2.07. The summed E-state index contributed by atoms with van der Waals surface area (Å²) in [6.07, 6.45) is 0. The van der Waals surface area contributed by atoms with Gasteiger partial charge in [0, 0.05) is 3.57 Å². The smallest absolute Gasteiger partial charge is 0.334 e. The molecular weight excluding hydrogens is 335 g/mol. The van der Waals surface area contributed by atoms with Gasteiger partial charge >= 0.3 is 5.69 Å². The predicted octanol–water partition coefficient (Wildman–Crippen LogP) is 0.295. The van der Waals surface area contributed by atoms with Crippen LogP contribution in [0.3, 0.4) is 0 Å². The van der Waals surface area contributed by atoms with Crippen molar-refractivity contribution in [2.24, 2.45) is 0 Å². The number of H-pyrrole nitrogens is 1. The number of aromatic amines is 1. The number of nitrogens with two attached hydrogens (primary N) is 2. The molecule has 1 aromatic heterocycles. The van der Waals surface area contributed by atoms with Crippen LogP contribution in [-0.4, -0.2) is 9.55 Å². The molecule has 1 aromatic carbocycles. The van der Waals surface area contributed by atoms with E-state index < -0.39 is 11.2 Å². The molecule has 0 atom stereocenters. The summed E-state index contributed by atoms with van der Waals surface area (Å²) < 4.78 is 2.00. The second kappa shape index (κ2) is 4.24. The summed E-state index contributed by atoms with van der Waals surface area (Å²) in [4.78, 5) is 25.1. The van der Waals surface area contributed by atoms with Crippen molar-refractivity contribution in [3.8, 4) is 5.69 Å². The zero-order valence-electron chi connectivity index (χ0n) is 8.61. The van der Waals surface area contributed by atoms with Crippen LogP contribution in [0.25, 0.3) is 5.69 Å². The van der Waals surface area contributed by atoms with E-state index in [9.17, 15) is 9.59 Å². The fourth-order valence-electron chi connectivity index (χ4n) is 1.44. The van der Waals surface area contributed by atoms with E-state index >= 15 is 0 Å². The number of para-hydroxylation sites is 1. The zero-order chi connectivity index (χ0) is 12.6. The lowest BCUT2D eigenvalue weighted by Gasteiger charge is -2.11. The first-order chi connectivity index (χ1) is 8.02. The van der Waals surface area contributed by atoms with Gasteiger partial charge in [0.1, 0.15) is 11.5 Å². The Bertz CT molecular complexity index is 689. The van der Waals surface area contributed by atoms with Crippen LogP contribution in [0, 0.1) is 3.57 Å². The molecule has 0 amide bonds. The summed E-state index contributed by atoms with van der Waals surface area (Å²) in [7, 11) is 0. The van der Waals surface area contributed by atoms with Crippen LogP contribution in [0.4, 0.5) is 11.5 Å². The molecule has 7 heteroatoms. The van der Waals surface area contributed by atoms with Crippen LogP contribution in [0.15, 0.2) is 33.9 Å². The molecule has 88 valence electrons. The monoisotopic (exact) mass is 344 g/mol. The first-order valence-corrected chi connectivity index (χ1v) is 5.75. The highest BCUT2D eigenvalue weighted by molar-refractivity contribution is 14.1. The molecule has 0 aliphatic rings. The molecule has 0 fully saturated rings. The number of benzene rings is 1. The highest BCUT2D eigenvalue weighted by atomic mass is 127. The maximum Gasteiger partial charge on any atom is 0.334 e. The van der Waals surface area contributed by atoms with Crippen molar-refractivity contribution in [1.29, 1.82) is 0 Å². The molecule has 0 saturated carbocycles. The summed E-state index contributed by atoms with van der Waals surface area (Å²) in [6.45, 7) is 0. The second-order valence-corrected chi connectivity index (χ2v) is 4.51. The number of anilines is 2. The topological polar surface area (TPSA) is 107 Å². The van der Waals surface area contributed by atoms with E-state index in [0.29, 0.717) is 5.69 Å². The van der Waals surface area contributed by atoms with Gasteiger partial charge in [-0.25, -0.2) is 9.36 Å². The highest BCUT2D eigenvalue weighted by Gasteiger charge is 2.12. The minimum atomic E-state index is -0.672. The minimum Gasteiger partial charge on any atom is -0.391 e. The largest absolute Gasteiger partial charge is 0.391 e. The molecule has 6 nitrogen and oxygen atoms in total. The van der Waals surface area contributed by atoms with Crippen molar-refractivity contribution >= 4 is 34.1 Å². The Morgan fingerprint density at radius 3 is 2.47 bits per heavy atom. The van der Waals surface area contributed by atoms with Gasteiger partial charge in [-0.3, -0.25) is 9.78 Å². The normalized spacial score (nSPS) is 10.4.